The van der Waals surface area contributed by atoms with Crippen molar-refractivity contribution in [3.05, 3.63) is 0 Å². The molecule has 31 heavy (non-hydrogen) atoms. The van der Waals surface area contributed by atoms with E-state index in [4.69, 9.17) is 18.9 Å². The topological polar surface area (TPSA) is 88.1 Å². The molecule has 0 heterocycles. The molecule has 0 N–H and O–H groups in total. The molecule has 0 aromatic rings. The van der Waals surface area contributed by atoms with Crippen LogP contribution in [0.5, 0.6) is 0 Å². The zero-order valence-electron chi connectivity index (χ0n) is 18.8. The van der Waals surface area contributed by atoms with Crippen LogP contribution in [-0.4, -0.2) is 49.9 Å². The first-order valence-corrected chi connectivity index (χ1v) is 12.1. The third-order valence-corrected chi connectivity index (χ3v) is 7.21. The van der Waals surface area contributed by atoms with E-state index in [0.717, 1.165) is 70.1 Å². The molecule has 0 spiro atoms. The Kier molecular flexibility index (Phi) is 9.78. The Morgan fingerprint density at radius 2 is 1.32 bits per heavy atom. The summed E-state index contributed by atoms with van der Waals surface area (Å²) in [5, 5.41) is 0. The van der Waals surface area contributed by atoms with Gasteiger partial charge in [0.25, 0.3) is 0 Å². The Hall–Kier alpha value is -1.47. The van der Waals surface area contributed by atoms with Gasteiger partial charge in [0, 0.05) is 0 Å². The molecule has 3 saturated carbocycles. The lowest BCUT2D eigenvalue weighted by Crippen LogP contribution is -2.32. The van der Waals surface area contributed by atoms with Crippen LogP contribution in [0.25, 0.3) is 0 Å². The van der Waals surface area contributed by atoms with Gasteiger partial charge in [-0.3, -0.25) is 9.59 Å². The van der Waals surface area contributed by atoms with Gasteiger partial charge < -0.3 is 18.9 Å². The molecular weight excluding hydrogens is 400 g/mol. The fourth-order valence-electron chi connectivity index (χ4n) is 5.00. The van der Waals surface area contributed by atoms with Gasteiger partial charge in [-0.1, -0.05) is 6.92 Å². The average molecular weight is 439 g/mol. The average Bonchev–Trinajstić information content (AvgIpc) is 2.80. The van der Waals surface area contributed by atoms with Crippen LogP contribution in [0, 0.1) is 17.8 Å². The smallest absolute Gasteiger partial charge is 0.371 e. The number of rotatable bonds is 9. The van der Waals surface area contributed by atoms with Crippen molar-refractivity contribution in [3.8, 4) is 0 Å². The predicted octanol–water partition coefficient (Wildman–Crippen LogP) is 3.96. The van der Waals surface area contributed by atoms with E-state index in [2.05, 4.69) is 6.92 Å². The van der Waals surface area contributed by atoms with Gasteiger partial charge in [-0.2, -0.15) is 0 Å². The van der Waals surface area contributed by atoms with E-state index in [9.17, 15) is 14.4 Å². The second-order valence-corrected chi connectivity index (χ2v) is 9.63. The van der Waals surface area contributed by atoms with Gasteiger partial charge in [0.2, 0.25) is 6.29 Å². The third kappa shape index (κ3) is 8.19. The van der Waals surface area contributed by atoms with Crippen LogP contribution in [0.3, 0.4) is 0 Å². The van der Waals surface area contributed by atoms with Gasteiger partial charge >= 0.3 is 11.9 Å². The molecular formula is C24H38O7. The number of ether oxygens (including phenoxy) is 4. The summed E-state index contributed by atoms with van der Waals surface area (Å²) in [4.78, 5) is 33.8. The summed E-state index contributed by atoms with van der Waals surface area (Å²) in [5.74, 6) is 0.127. The fourth-order valence-corrected chi connectivity index (χ4v) is 5.00. The highest BCUT2D eigenvalue weighted by Gasteiger charge is 2.31. The molecule has 0 aromatic heterocycles. The van der Waals surface area contributed by atoms with Crippen molar-refractivity contribution in [1.82, 2.24) is 0 Å². The van der Waals surface area contributed by atoms with Gasteiger partial charge in [0.05, 0.1) is 24.7 Å². The molecule has 3 aliphatic carbocycles. The van der Waals surface area contributed by atoms with Crippen LogP contribution in [0.1, 0.15) is 84.0 Å². The van der Waals surface area contributed by atoms with Gasteiger partial charge in [0.15, 0.2) is 0 Å². The minimum absolute atomic E-state index is 0.0353. The first-order valence-electron chi connectivity index (χ1n) is 12.1. The van der Waals surface area contributed by atoms with Crippen LogP contribution < -0.4 is 0 Å². The molecule has 0 bridgehead atoms. The molecule has 176 valence electrons. The highest BCUT2D eigenvalue weighted by atomic mass is 16.7. The lowest BCUT2D eigenvalue weighted by molar-refractivity contribution is -0.161. The quantitative estimate of drug-likeness (QED) is 0.233. The predicted molar refractivity (Wildman–Crippen MR) is 113 cm³/mol. The van der Waals surface area contributed by atoms with E-state index in [1.54, 1.807) is 0 Å². The molecule has 0 amide bonds. The summed E-state index contributed by atoms with van der Waals surface area (Å²) in [6, 6.07) is 0. The summed E-state index contributed by atoms with van der Waals surface area (Å²) in [7, 11) is 0. The van der Waals surface area contributed by atoms with Crippen molar-refractivity contribution >= 4 is 18.2 Å². The van der Waals surface area contributed by atoms with Gasteiger partial charge in [-0.05, 0) is 88.9 Å². The maximum Gasteiger partial charge on any atom is 0.371 e. The summed E-state index contributed by atoms with van der Waals surface area (Å²) in [6.45, 7) is 2.94. The first-order chi connectivity index (χ1) is 15.0. The zero-order valence-corrected chi connectivity index (χ0v) is 18.8. The Morgan fingerprint density at radius 3 is 1.90 bits per heavy atom. The van der Waals surface area contributed by atoms with Crippen molar-refractivity contribution < 1.29 is 33.3 Å². The largest absolute Gasteiger partial charge is 0.462 e. The molecule has 3 fully saturated rings. The highest BCUT2D eigenvalue weighted by molar-refractivity contribution is 6.20. The van der Waals surface area contributed by atoms with Crippen LogP contribution in [0.4, 0.5) is 0 Å². The number of hydrogen-bond donors (Lipinski definition) is 0. The van der Waals surface area contributed by atoms with E-state index in [1.807, 2.05) is 0 Å². The zero-order chi connectivity index (χ0) is 22.1. The van der Waals surface area contributed by atoms with Crippen molar-refractivity contribution in [3.63, 3.8) is 0 Å². The highest BCUT2D eigenvalue weighted by Crippen LogP contribution is 2.31. The van der Waals surface area contributed by atoms with E-state index in [-0.39, 0.29) is 42.9 Å². The second-order valence-electron chi connectivity index (χ2n) is 9.63. The summed E-state index contributed by atoms with van der Waals surface area (Å²) >= 11 is 0. The molecule has 7 heteroatoms. The maximum absolute atomic E-state index is 12.6. The fraction of sp³-hybridized carbons (Fsp3) is 0.875. The number of carbonyl (C=O) groups excluding carboxylic acids is 3. The lowest BCUT2D eigenvalue weighted by atomic mass is 9.86. The standard InChI is InChI=1S/C24H38O7/c1-17-2-8-20(9-3-17)29-16-30-21-12-6-19(7-13-21)24(27)31-22-10-4-18(5-11-22)15-28-23(26)14-25/h14,17-22H,2-13,15-16H2,1H3. The summed E-state index contributed by atoms with van der Waals surface area (Å²) < 4.78 is 22.5. The van der Waals surface area contributed by atoms with Gasteiger partial charge in [-0.15, -0.1) is 0 Å². The lowest BCUT2D eigenvalue weighted by Gasteiger charge is -2.32. The molecule has 0 radical (unpaired) electrons. The van der Waals surface area contributed by atoms with E-state index < -0.39 is 5.97 Å². The van der Waals surface area contributed by atoms with Crippen molar-refractivity contribution in [1.29, 1.82) is 0 Å². The van der Waals surface area contributed by atoms with Crippen LogP contribution in [0.2, 0.25) is 0 Å². The number of esters is 2. The van der Waals surface area contributed by atoms with Gasteiger partial charge in [-0.25, -0.2) is 4.79 Å². The molecule has 0 unspecified atom stereocenters. The molecule has 3 rings (SSSR count). The summed E-state index contributed by atoms with van der Waals surface area (Å²) in [5.41, 5.74) is 0. The normalized spacial score (nSPS) is 34.0. The monoisotopic (exact) mass is 438 g/mol. The van der Waals surface area contributed by atoms with Gasteiger partial charge in [0.1, 0.15) is 12.9 Å². The Morgan fingerprint density at radius 1 is 0.774 bits per heavy atom. The first kappa shape index (κ1) is 24.2. The van der Waals surface area contributed by atoms with E-state index in [0.29, 0.717) is 12.9 Å². The molecule has 0 aromatic carbocycles. The molecule has 0 atom stereocenters. The van der Waals surface area contributed by atoms with Crippen LogP contribution in [-0.2, 0) is 33.3 Å². The Labute approximate surface area is 185 Å². The van der Waals surface area contributed by atoms with Crippen molar-refractivity contribution in [2.45, 2.75) is 102 Å². The Bertz CT molecular complexity index is 568. The van der Waals surface area contributed by atoms with Crippen LogP contribution >= 0.6 is 0 Å². The van der Waals surface area contributed by atoms with Crippen LogP contribution in [0.15, 0.2) is 0 Å². The van der Waals surface area contributed by atoms with E-state index >= 15 is 0 Å². The molecule has 0 saturated heterocycles. The van der Waals surface area contributed by atoms with E-state index in [1.165, 1.54) is 12.8 Å². The van der Waals surface area contributed by atoms with Crippen molar-refractivity contribution in [2.24, 2.45) is 17.8 Å². The third-order valence-electron chi connectivity index (χ3n) is 7.21. The SMILES string of the molecule is CC1CCC(OCOC2CCC(C(=O)OC3CCC(COC(=O)C=O)CC3)CC2)CC1. The van der Waals surface area contributed by atoms with Crippen molar-refractivity contribution in [2.75, 3.05) is 13.4 Å². The summed E-state index contributed by atoms with van der Waals surface area (Å²) in [6.07, 6.45) is 12.0. The molecule has 0 aliphatic heterocycles. The second kappa shape index (κ2) is 12.5. The minimum Gasteiger partial charge on any atom is -0.462 e. The number of aldehydes is 1. The number of hydrogen-bond acceptors (Lipinski definition) is 7. The minimum atomic E-state index is -0.816. The maximum atomic E-state index is 12.6. The molecule has 7 nitrogen and oxygen atoms in total. The number of carbonyl (C=O) groups is 3. The molecule has 3 aliphatic rings. The Balaban J connectivity index is 1.25.